The second-order valence-corrected chi connectivity index (χ2v) is 6.18. The van der Waals surface area contributed by atoms with Gasteiger partial charge >= 0.3 is 0 Å². The molecule has 6 heteroatoms. The standard InChI is InChI=1S/C21H28N2O4/c1-5-27-19-11-10-16(12-20(19)26-4)14-23(2)15-21(24)22-13-17-8-6-7-9-18(17)25-3/h6-12H,5,13-15H2,1-4H3,(H,22,24). The molecular weight excluding hydrogens is 344 g/mol. The topological polar surface area (TPSA) is 60.0 Å². The van der Waals surface area contributed by atoms with Crippen molar-refractivity contribution in [2.24, 2.45) is 0 Å². The van der Waals surface area contributed by atoms with Crippen molar-refractivity contribution in [1.29, 1.82) is 0 Å². The van der Waals surface area contributed by atoms with E-state index in [1.54, 1.807) is 14.2 Å². The minimum Gasteiger partial charge on any atom is -0.496 e. The summed E-state index contributed by atoms with van der Waals surface area (Å²) in [6.45, 7) is 3.88. The molecule has 0 unspecified atom stereocenters. The zero-order valence-corrected chi connectivity index (χ0v) is 16.5. The first kappa shape index (κ1) is 20.6. The van der Waals surface area contributed by atoms with Gasteiger partial charge in [0.2, 0.25) is 5.91 Å². The SMILES string of the molecule is CCOc1ccc(CN(C)CC(=O)NCc2ccccc2OC)cc1OC. The van der Waals surface area contributed by atoms with E-state index in [0.717, 1.165) is 22.6 Å². The van der Waals surface area contributed by atoms with Gasteiger partial charge in [-0.2, -0.15) is 0 Å². The van der Waals surface area contributed by atoms with E-state index in [-0.39, 0.29) is 5.91 Å². The zero-order valence-electron chi connectivity index (χ0n) is 16.5. The first-order valence-electron chi connectivity index (χ1n) is 8.94. The molecule has 0 spiro atoms. The lowest BCUT2D eigenvalue weighted by molar-refractivity contribution is -0.122. The molecule has 0 aromatic heterocycles. The molecule has 0 saturated heterocycles. The van der Waals surface area contributed by atoms with Crippen molar-refractivity contribution in [3.05, 3.63) is 53.6 Å². The summed E-state index contributed by atoms with van der Waals surface area (Å²) < 4.78 is 16.2. The smallest absolute Gasteiger partial charge is 0.234 e. The maximum Gasteiger partial charge on any atom is 0.234 e. The average Bonchev–Trinajstić information content (AvgIpc) is 2.67. The van der Waals surface area contributed by atoms with Crippen LogP contribution in [0.2, 0.25) is 0 Å². The Hall–Kier alpha value is -2.73. The number of carbonyl (C=O) groups excluding carboxylic acids is 1. The molecule has 0 heterocycles. The summed E-state index contributed by atoms with van der Waals surface area (Å²) in [7, 11) is 5.15. The van der Waals surface area contributed by atoms with Gasteiger partial charge in [0.05, 0.1) is 27.4 Å². The molecule has 2 aromatic rings. The molecule has 1 N–H and O–H groups in total. The van der Waals surface area contributed by atoms with Crippen molar-refractivity contribution in [2.45, 2.75) is 20.0 Å². The van der Waals surface area contributed by atoms with E-state index < -0.39 is 0 Å². The third kappa shape index (κ3) is 6.18. The Balaban J connectivity index is 1.87. The highest BCUT2D eigenvalue weighted by atomic mass is 16.5. The maximum atomic E-state index is 12.2. The Morgan fingerprint density at radius 3 is 2.48 bits per heavy atom. The third-order valence-corrected chi connectivity index (χ3v) is 4.06. The van der Waals surface area contributed by atoms with Crippen LogP contribution >= 0.6 is 0 Å². The summed E-state index contributed by atoms with van der Waals surface area (Å²) in [6, 6.07) is 13.5. The Morgan fingerprint density at radius 2 is 1.78 bits per heavy atom. The molecule has 0 atom stereocenters. The quantitative estimate of drug-likeness (QED) is 0.695. The van der Waals surface area contributed by atoms with Gasteiger partial charge in [-0.1, -0.05) is 24.3 Å². The van der Waals surface area contributed by atoms with Gasteiger partial charge in [0.1, 0.15) is 5.75 Å². The van der Waals surface area contributed by atoms with Crippen molar-refractivity contribution in [1.82, 2.24) is 10.2 Å². The fraction of sp³-hybridized carbons (Fsp3) is 0.381. The molecule has 0 saturated carbocycles. The molecule has 2 aromatic carbocycles. The van der Waals surface area contributed by atoms with Gasteiger partial charge in [-0.15, -0.1) is 0 Å². The van der Waals surface area contributed by atoms with E-state index in [9.17, 15) is 4.79 Å². The summed E-state index contributed by atoms with van der Waals surface area (Å²) in [4.78, 5) is 14.2. The number of nitrogens with zero attached hydrogens (tertiary/aromatic N) is 1. The number of hydrogen-bond acceptors (Lipinski definition) is 5. The van der Waals surface area contributed by atoms with E-state index in [1.807, 2.05) is 61.3 Å². The Kier molecular flexibility index (Phi) is 7.95. The van der Waals surface area contributed by atoms with Gasteiger partial charge in [-0.05, 0) is 37.7 Å². The first-order chi connectivity index (χ1) is 13.1. The van der Waals surface area contributed by atoms with Gasteiger partial charge < -0.3 is 19.5 Å². The normalized spacial score (nSPS) is 10.6. The van der Waals surface area contributed by atoms with Crippen LogP contribution in [0.3, 0.4) is 0 Å². The van der Waals surface area contributed by atoms with E-state index in [4.69, 9.17) is 14.2 Å². The first-order valence-corrected chi connectivity index (χ1v) is 8.94. The van der Waals surface area contributed by atoms with Crippen LogP contribution < -0.4 is 19.5 Å². The number of hydrogen-bond donors (Lipinski definition) is 1. The van der Waals surface area contributed by atoms with Gasteiger partial charge in [-0.25, -0.2) is 0 Å². The summed E-state index contributed by atoms with van der Waals surface area (Å²) in [6.07, 6.45) is 0. The minimum absolute atomic E-state index is 0.0405. The van der Waals surface area contributed by atoms with Crippen LogP contribution in [-0.2, 0) is 17.9 Å². The number of nitrogens with one attached hydrogen (secondary N) is 1. The number of para-hydroxylation sites is 1. The molecule has 1 amide bonds. The van der Waals surface area contributed by atoms with Crippen LogP contribution in [0.25, 0.3) is 0 Å². The molecular formula is C21H28N2O4. The Morgan fingerprint density at radius 1 is 1.04 bits per heavy atom. The molecule has 0 radical (unpaired) electrons. The number of amides is 1. The summed E-state index contributed by atoms with van der Waals surface area (Å²) in [5.74, 6) is 2.15. The van der Waals surface area contributed by atoms with Gasteiger partial charge in [-0.3, -0.25) is 9.69 Å². The van der Waals surface area contributed by atoms with Crippen LogP contribution in [0.15, 0.2) is 42.5 Å². The third-order valence-electron chi connectivity index (χ3n) is 4.06. The van der Waals surface area contributed by atoms with Crippen LogP contribution in [0.5, 0.6) is 17.2 Å². The number of benzene rings is 2. The van der Waals surface area contributed by atoms with E-state index in [2.05, 4.69) is 5.32 Å². The zero-order chi connectivity index (χ0) is 19.6. The monoisotopic (exact) mass is 372 g/mol. The largest absolute Gasteiger partial charge is 0.496 e. The number of carbonyl (C=O) groups is 1. The van der Waals surface area contributed by atoms with Gasteiger partial charge in [0.25, 0.3) is 0 Å². The van der Waals surface area contributed by atoms with Crippen molar-refractivity contribution in [2.75, 3.05) is 34.4 Å². The van der Waals surface area contributed by atoms with Crippen LogP contribution in [0.4, 0.5) is 0 Å². The Labute approximate surface area is 161 Å². The molecule has 146 valence electrons. The second kappa shape index (κ2) is 10.4. The molecule has 27 heavy (non-hydrogen) atoms. The molecule has 0 aliphatic heterocycles. The minimum atomic E-state index is -0.0405. The number of methoxy groups -OCH3 is 2. The number of likely N-dealkylation sites (N-methyl/N-ethyl adjacent to an activating group) is 1. The van der Waals surface area contributed by atoms with Crippen molar-refractivity contribution in [3.8, 4) is 17.2 Å². The highest BCUT2D eigenvalue weighted by Gasteiger charge is 2.11. The highest BCUT2D eigenvalue weighted by Crippen LogP contribution is 2.28. The maximum absolute atomic E-state index is 12.2. The van der Waals surface area contributed by atoms with Crippen LogP contribution in [-0.4, -0.2) is 45.2 Å². The van der Waals surface area contributed by atoms with E-state index >= 15 is 0 Å². The van der Waals surface area contributed by atoms with Crippen molar-refractivity contribution in [3.63, 3.8) is 0 Å². The fourth-order valence-corrected chi connectivity index (χ4v) is 2.80. The summed E-state index contributed by atoms with van der Waals surface area (Å²) in [5.41, 5.74) is 2.00. The van der Waals surface area contributed by atoms with Crippen molar-refractivity contribution < 1.29 is 19.0 Å². The molecule has 0 bridgehead atoms. The van der Waals surface area contributed by atoms with E-state index in [1.165, 1.54) is 0 Å². The second-order valence-electron chi connectivity index (χ2n) is 6.18. The molecule has 0 aliphatic carbocycles. The lowest BCUT2D eigenvalue weighted by Gasteiger charge is -2.18. The van der Waals surface area contributed by atoms with Crippen LogP contribution in [0.1, 0.15) is 18.1 Å². The number of ether oxygens (including phenoxy) is 3. The summed E-state index contributed by atoms with van der Waals surface area (Å²) in [5, 5.41) is 2.93. The average molecular weight is 372 g/mol. The highest BCUT2D eigenvalue weighted by molar-refractivity contribution is 5.78. The lowest BCUT2D eigenvalue weighted by Crippen LogP contribution is -2.34. The lowest BCUT2D eigenvalue weighted by atomic mass is 10.2. The van der Waals surface area contributed by atoms with E-state index in [0.29, 0.717) is 32.0 Å². The Bertz CT molecular complexity index is 749. The molecule has 2 rings (SSSR count). The predicted molar refractivity (Wildman–Crippen MR) is 105 cm³/mol. The molecule has 6 nitrogen and oxygen atoms in total. The summed E-state index contributed by atoms with van der Waals surface area (Å²) >= 11 is 0. The van der Waals surface area contributed by atoms with Gasteiger partial charge in [0.15, 0.2) is 11.5 Å². The molecule has 0 fully saturated rings. The van der Waals surface area contributed by atoms with Crippen LogP contribution in [0, 0.1) is 0 Å². The van der Waals surface area contributed by atoms with Gasteiger partial charge in [0, 0.05) is 18.7 Å². The molecule has 0 aliphatic rings. The number of rotatable bonds is 10. The predicted octanol–water partition coefficient (Wildman–Crippen LogP) is 2.85. The fourth-order valence-electron chi connectivity index (χ4n) is 2.80. The van der Waals surface area contributed by atoms with Crippen molar-refractivity contribution >= 4 is 5.91 Å².